The highest BCUT2D eigenvalue weighted by atomic mass is 16.5. The number of carbonyl (C=O) groups is 2. The van der Waals surface area contributed by atoms with Crippen molar-refractivity contribution in [3.8, 4) is 5.75 Å². The maximum absolute atomic E-state index is 12.6. The summed E-state index contributed by atoms with van der Waals surface area (Å²) in [6.07, 6.45) is 16.4. The molecule has 0 spiro atoms. The highest BCUT2D eigenvalue weighted by Gasteiger charge is 2.14. The fourth-order valence-corrected chi connectivity index (χ4v) is 3.82. The third-order valence-corrected chi connectivity index (χ3v) is 5.76. The Bertz CT molecular complexity index is 777. The fourth-order valence-electron chi connectivity index (χ4n) is 3.82. The Kier molecular flexibility index (Phi) is 17.8. The summed E-state index contributed by atoms with van der Waals surface area (Å²) in [4.78, 5) is 24.4. The van der Waals surface area contributed by atoms with Crippen molar-refractivity contribution < 1.29 is 28.5 Å². The third kappa shape index (κ3) is 14.0. The number of benzene rings is 1. The van der Waals surface area contributed by atoms with Gasteiger partial charge in [0.2, 0.25) is 0 Å². The van der Waals surface area contributed by atoms with Gasteiger partial charge in [-0.3, -0.25) is 0 Å². The minimum absolute atomic E-state index is 0.205. The van der Waals surface area contributed by atoms with E-state index in [0.717, 1.165) is 12.8 Å². The summed E-state index contributed by atoms with van der Waals surface area (Å²) in [5.41, 5.74) is 0.880. The SMILES string of the molecule is CCCCCCCCCCCCCCOC(=O)c1ccc(OC)c(NC(=CC(=O)OCC)OCC)c1. The van der Waals surface area contributed by atoms with Crippen LogP contribution in [0.1, 0.15) is 108 Å². The first kappa shape index (κ1) is 31.3. The molecule has 0 aromatic heterocycles. The van der Waals surface area contributed by atoms with Crippen molar-refractivity contribution in [2.75, 3.05) is 32.2 Å². The Morgan fingerprint density at radius 1 is 0.778 bits per heavy atom. The van der Waals surface area contributed by atoms with Crippen molar-refractivity contribution in [3.63, 3.8) is 0 Å². The lowest BCUT2D eigenvalue weighted by atomic mass is 10.1. The molecule has 7 nitrogen and oxygen atoms in total. The van der Waals surface area contributed by atoms with Crippen LogP contribution in [0.3, 0.4) is 0 Å². The number of anilines is 1. The predicted molar refractivity (Wildman–Crippen MR) is 144 cm³/mol. The van der Waals surface area contributed by atoms with Crippen LogP contribution in [-0.2, 0) is 19.0 Å². The molecule has 0 fully saturated rings. The van der Waals surface area contributed by atoms with Crippen LogP contribution in [0.2, 0.25) is 0 Å². The number of hydrogen-bond donors (Lipinski definition) is 1. The summed E-state index contributed by atoms with van der Waals surface area (Å²) in [6.45, 7) is 6.80. The summed E-state index contributed by atoms with van der Waals surface area (Å²) in [6, 6.07) is 4.96. The summed E-state index contributed by atoms with van der Waals surface area (Å²) < 4.78 is 21.3. The molecule has 1 rings (SSSR count). The second-order valence-corrected chi connectivity index (χ2v) is 8.76. The Balaban J connectivity index is 2.42. The largest absolute Gasteiger partial charge is 0.495 e. The third-order valence-electron chi connectivity index (χ3n) is 5.76. The van der Waals surface area contributed by atoms with E-state index in [1.807, 2.05) is 0 Å². The summed E-state index contributed by atoms with van der Waals surface area (Å²) in [5.74, 6) is -0.209. The van der Waals surface area contributed by atoms with Crippen LogP contribution >= 0.6 is 0 Å². The van der Waals surface area contributed by atoms with E-state index in [4.69, 9.17) is 18.9 Å². The van der Waals surface area contributed by atoms with Crippen LogP contribution in [0.5, 0.6) is 5.75 Å². The summed E-state index contributed by atoms with van der Waals surface area (Å²) >= 11 is 0. The van der Waals surface area contributed by atoms with Gasteiger partial charge in [-0.15, -0.1) is 0 Å². The van der Waals surface area contributed by atoms with Crippen LogP contribution in [0.15, 0.2) is 30.2 Å². The van der Waals surface area contributed by atoms with Gasteiger partial charge in [0, 0.05) is 0 Å². The predicted octanol–water partition coefficient (Wildman–Crippen LogP) is 7.41. The summed E-state index contributed by atoms with van der Waals surface area (Å²) in [7, 11) is 1.53. The van der Waals surface area contributed by atoms with Crippen molar-refractivity contribution in [3.05, 3.63) is 35.7 Å². The topological polar surface area (TPSA) is 83.1 Å². The van der Waals surface area contributed by atoms with E-state index in [9.17, 15) is 9.59 Å². The molecule has 0 aliphatic carbocycles. The number of nitrogens with one attached hydrogen (secondary N) is 1. The van der Waals surface area contributed by atoms with Crippen LogP contribution in [0.4, 0.5) is 5.69 Å². The maximum Gasteiger partial charge on any atom is 0.338 e. The maximum atomic E-state index is 12.6. The Morgan fingerprint density at radius 3 is 1.92 bits per heavy atom. The number of esters is 2. The van der Waals surface area contributed by atoms with Crippen molar-refractivity contribution in [1.82, 2.24) is 0 Å². The lowest BCUT2D eigenvalue weighted by molar-refractivity contribution is -0.137. The van der Waals surface area contributed by atoms with Crippen LogP contribution in [0, 0.1) is 0 Å². The zero-order chi connectivity index (χ0) is 26.4. The molecule has 0 unspecified atom stereocenters. The first-order valence-electron chi connectivity index (χ1n) is 13.7. The highest BCUT2D eigenvalue weighted by molar-refractivity contribution is 5.91. The minimum atomic E-state index is -0.523. The molecule has 0 saturated carbocycles. The van der Waals surface area contributed by atoms with Gasteiger partial charge in [0.15, 0.2) is 5.88 Å². The van der Waals surface area contributed by atoms with Crippen LogP contribution < -0.4 is 10.1 Å². The molecule has 0 atom stereocenters. The van der Waals surface area contributed by atoms with Gasteiger partial charge in [0.1, 0.15) is 5.75 Å². The Labute approximate surface area is 217 Å². The highest BCUT2D eigenvalue weighted by Crippen LogP contribution is 2.27. The first-order valence-corrected chi connectivity index (χ1v) is 13.7. The van der Waals surface area contributed by atoms with Crippen LogP contribution in [0.25, 0.3) is 0 Å². The van der Waals surface area contributed by atoms with E-state index in [-0.39, 0.29) is 12.5 Å². The van der Waals surface area contributed by atoms with Gasteiger partial charge in [0.25, 0.3) is 0 Å². The number of ether oxygens (including phenoxy) is 4. The number of rotatable bonds is 21. The smallest absolute Gasteiger partial charge is 0.338 e. The number of carbonyl (C=O) groups excluding carboxylic acids is 2. The zero-order valence-corrected chi connectivity index (χ0v) is 22.9. The van der Waals surface area contributed by atoms with Gasteiger partial charge in [0.05, 0.1) is 44.3 Å². The molecule has 0 heterocycles. The van der Waals surface area contributed by atoms with Gasteiger partial charge < -0.3 is 24.3 Å². The van der Waals surface area contributed by atoms with Crippen molar-refractivity contribution in [1.29, 1.82) is 0 Å². The first-order chi connectivity index (χ1) is 17.5. The molecule has 0 bridgehead atoms. The molecule has 0 saturated heterocycles. The van der Waals surface area contributed by atoms with Gasteiger partial charge in [-0.2, -0.15) is 0 Å². The lowest BCUT2D eigenvalue weighted by Crippen LogP contribution is -2.11. The van der Waals surface area contributed by atoms with Gasteiger partial charge in [-0.1, -0.05) is 77.6 Å². The van der Waals surface area contributed by atoms with Gasteiger partial charge in [-0.05, 0) is 38.5 Å². The van der Waals surface area contributed by atoms with Gasteiger partial charge in [-0.25, -0.2) is 9.59 Å². The molecule has 7 heteroatoms. The van der Waals surface area contributed by atoms with Crippen LogP contribution in [-0.4, -0.2) is 38.9 Å². The van der Waals surface area contributed by atoms with E-state index >= 15 is 0 Å². The molecule has 1 N–H and O–H groups in total. The second-order valence-electron chi connectivity index (χ2n) is 8.76. The van der Waals surface area contributed by atoms with Gasteiger partial charge >= 0.3 is 11.9 Å². The molecule has 36 heavy (non-hydrogen) atoms. The molecule has 0 aliphatic heterocycles. The molecule has 204 valence electrons. The van der Waals surface area contributed by atoms with E-state index in [1.54, 1.807) is 32.0 Å². The minimum Gasteiger partial charge on any atom is -0.495 e. The molecular weight excluding hydrogens is 458 g/mol. The molecule has 0 radical (unpaired) electrons. The zero-order valence-electron chi connectivity index (χ0n) is 22.9. The standard InChI is InChI=1S/C29H47NO6/c1-5-8-9-10-11-12-13-14-15-16-17-18-21-36-29(32)24-19-20-26(33-4)25(22-24)30-27(34-6-2)23-28(31)35-7-3/h19-20,22-23,30H,5-18,21H2,1-4H3. The van der Waals surface area contributed by atoms with Crippen molar-refractivity contribution in [2.24, 2.45) is 0 Å². The molecule has 0 amide bonds. The number of unbranched alkanes of at least 4 members (excludes halogenated alkanes) is 11. The molecule has 1 aromatic rings. The molecule has 0 aliphatic rings. The van der Waals surface area contributed by atoms with Crippen molar-refractivity contribution >= 4 is 17.6 Å². The molecule has 1 aromatic carbocycles. The number of methoxy groups -OCH3 is 1. The Morgan fingerprint density at radius 2 is 1.36 bits per heavy atom. The normalized spacial score (nSPS) is 11.2. The van der Waals surface area contributed by atoms with E-state index < -0.39 is 11.9 Å². The van der Waals surface area contributed by atoms with Crippen molar-refractivity contribution in [2.45, 2.75) is 97.8 Å². The molecular formula is C29H47NO6. The van der Waals surface area contributed by atoms with E-state index in [2.05, 4.69) is 12.2 Å². The average Bonchev–Trinajstić information content (AvgIpc) is 2.87. The quantitative estimate of drug-likeness (QED) is 0.0806. The lowest BCUT2D eigenvalue weighted by Gasteiger charge is -2.15. The average molecular weight is 506 g/mol. The summed E-state index contributed by atoms with van der Waals surface area (Å²) in [5, 5.41) is 3.01. The fraction of sp³-hybridized carbons (Fsp3) is 0.655. The monoisotopic (exact) mass is 505 g/mol. The number of hydrogen-bond acceptors (Lipinski definition) is 7. The van der Waals surface area contributed by atoms with E-state index in [1.165, 1.54) is 77.4 Å². The second kappa shape index (κ2) is 20.5. The Hall–Kier alpha value is -2.70. The van der Waals surface area contributed by atoms with E-state index in [0.29, 0.717) is 30.2 Å².